The van der Waals surface area contributed by atoms with Gasteiger partial charge < -0.3 is 9.32 Å². The number of para-hydroxylation sites is 1. The van der Waals surface area contributed by atoms with Crippen LogP contribution in [0.3, 0.4) is 0 Å². The number of nitrogens with zero attached hydrogens (tertiary/aromatic N) is 1. The molecule has 2 aliphatic heterocycles. The number of rotatable bonds is 1. The SMILES string of the molecule is Cc1ccccc1N1C(C)C2(C)CCC1(C)c1cocc12. The highest BCUT2D eigenvalue weighted by Gasteiger charge is 2.57. The first-order valence-electron chi connectivity index (χ1n) is 7.90. The molecule has 2 aromatic rings. The minimum absolute atomic E-state index is 0.0472. The van der Waals surface area contributed by atoms with E-state index >= 15 is 0 Å². The Hall–Kier alpha value is -1.70. The van der Waals surface area contributed by atoms with E-state index in [1.807, 2.05) is 12.5 Å². The molecular formula is C19H23NO. The Labute approximate surface area is 126 Å². The van der Waals surface area contributed by atoms with E-state index in [2.05, 4.69) is 56.9 Å². The van der Waals surface area contributed by atoms with Gasteiger partial charge in [0.15, 0.2) is 0 Å². The number of anilines is 1. The Balaban J connectivity index is 1.97. The lowest BCUT2D eigenvalue weighted by atomic mass is 9.57. The molecule has 1 fully saturated rings. The summed E-state index contributed by atoms with van der Waals surface area (Å²) in [5.41, 5.74) is 5.76. The van der Waals surface area contributed by atoms with Crippen LogP contribution in [0.2, 0.25) is 0 Å². The normalized spacial score (nSPS) is 34.1. The van der Waals surface area contributed by atoms with Gasteiger partial charge in [-0.1, -0.05) is 25.1 Å². The highest BCUT2D eigenvalue weighted by molar-refractivity contribution is 5.63. The fourth-order valence-corrected chi connectivity index (χ4v) is 4.63. The highest BCUT2D eigenvalue weighted by Crippen LogP contribution is 2.58. The molecule has 0 amide bonds. The van der Waals surface area contributed by atoms with E-state index in [1.165, 1.54) is 35.2 Å². The van der Waals surface area contributed by atoms with Gasteiger partial charge in [0.25, 0.3) is 0 Å². The van der Waals surface area contributed by atoms with Gasteiger partial charge in [0.2, 0.25) is 0 Å². The number of aryl methyl sites for hydroxylation is 1. The fraction of sp³-hybridized carbons (Fsp3) is 0.474. The summed E-state index contributed by atoms with van der Waals surface area (Å²) in [6, 6.07) is 9.23. The first kappa shape index (κ1) is 13.0. The first-order valence-corrected chi connectivity index (χ1v) is 7.90. The summed E-state index contributed by atoms with van der Waals surface area (Å²) >= 11 is 0. The molecule has 21 heavy (non-hydrogen) atoms. The van der Waals surface area contributed by atoms with Crippen molar-refractivity contribution in [2.45, 2.75) is 57.5 Å². The highest BCUT2D eigenvalue weighted by atomic mass is 16.3. The van der Waals surface area contributed by atoms with Crippen molar-refractivity contribution in [3.8, 4) is 0 Å². The molecule has 0 radical (unpaired) electrons. The van der Waals surface area contributed by atoms with Gasteiger partial charge >= 0.3 is 0 Å². The Bertz CT molecular complexity index is 703. The smallest absolute Gasteiger partial charge is 0.0961 e. The summed E-state index contributed by atoms with van der Waals surface area (Å²) in [5, 5.41) is 0. The minimum atomic E-state index is 0.0472. The predicted molar refractivity (Wildman–Crippen MR) is 85.8 cm³/mol. The van der Waals surface area contributed by atoms with E-state index in [-0.39, 0.29) is 11.0 Å². The molecule has 1 aliphatic carbocycles. The van der Waals surface area contributed by atoms with Crippen molar-refractivity contribution in [2.24, 2.45) is 0 Å². The summed E-state index contributed by atoms with van der Waals surface area (Å²) in [6.07, 6.45) is 6.39. The van der Waals surface area contributed by atoms with Gasteiger partial charge in [-0.05, 0) is 45.2 Å². The molecule has 1 aromatic carbocycles. The third-order valence-electron chi connectivity index (χ3n) is 6.20. The van der Waals surface area contributed by atoms with Crippen molar-refractivity contribution in [3.05, 3.63) is 53.5 Å². The topological polar surface area (TPSA) is 16.4 Å². The number of fused-ring (bicyclic) bond motifs is 2. The van der Waals surface area contributed by atoms with Gasteiger partial charge in [0, 0.05) is 28.3 Å². The largest absolute Gasteiger partial charge is 0.472 e. The number of hydrogen-bond donors (Lipinski definition) is 0. The molecular weight excluding hydrogens is 258 g/mol. The first-order chi connectivity index (χ1) is 9.98. The second-order valence-corrected chi connectivity index (χ2v) is 7.22. The molecule has 0 saturated carbocycles. The van der Waals surface area contributed by atoms with Gasteiger partial charge in [-0.25, -0.2) is 0 Å². The van der Waals surface area contributed by atoms with Crippen LogP contribution in [-0.4, -0.2) is 6.04 Å². The zero-order valence-electron chi connectivity index (χ0n) is 13.3. The molecule has 2 heteroatoms. The van der Waals surface area contributed by atoms with Crippen LogP contribution in [0.1, 0.15) is 50.3 Å². The average molecular weight is 281 g/mol. The van der Waals surface area contributed by atoms with Gasteiger partial charge in [-0.15, -0.1) is 0 Å². The lowest BCUT2D eigenvalue weighted by Gasteiger charge is -2.62. The van der Waals surface area contributed by atoms with Crippen LogP contribution in [0.4, 0.5) is 5.69 Å². The standard InChI is InChI=1S/C19H23NO/c1-13-7-5-6-8-17(13)20-14(2)18(3)9-10-19(20,4)16-12-21-11-15(16)18/h5-8,11-12,14H,9-10H2,1-4H3. The van der Waals surface area contributed by atoms with E-state index in [4.69, 9.17) is 4.42 Å². The quantitative estimate of drug-likeness (QED) is 0.749. The molecule has 3 atom stereocenters. The van der Waals surface area contributed by atoms with Gasteiger partial charge in [-0.2, -0.15) is 0 Å². The van der Waals surface area contributed by atoms with Crippen molar-refractivity contribution >= 4 is 5.69 Å². The molecule has 5 rings (SSSR count). The van der Waals surface area contributed by atoms with Gasteiger partial charge in [0.1, 0.15) is 0 Å². The Morgan fingerprint density at radius 1 is 1.10 bits per heavy atom. The number of benzene rings is 1. The van der Waals surface area contributed by atoms with E-state index in [0.717, 1.165) is 0 Å². The molecule has 3 aliphatic rings. The van der Waals surface area contributed by atoms with Gasteiger partial charge in [0.05, 0.1) is 18.1 Å². The van der Waals surface area contributed by atoms with Crippen molar-refractivity contribution in [2.75, 3.05) is 4.90 Å². The molecule has 0 N–H and O–H groups in total. The van der Waals surface area contributed by atoms with Crippen LogP contribution in [0.25, 0.3) is 0 Å². The lowest BCUT2D eigenvalue weighted by Crippen LogP contribution is -2.65. The van der Waals surface area contributed by atoms with Crippen molar-refractivity contribution < 1.29 is 4.42 Å². The van der Waals surface area contributed by atoms with Crippen molar-refractivity contribution in [1.29, 1.82) is 0 Å². The summed E-state index contributed by atoms with van der Waals surface area (Å²) in [4.78, 5) is 2.64. The van der Waals surface area contributed by atoms with E-state index in [0.29, 0.717) is 6.04 Å². The molecule has 2 bridgehead atoms. The van der Waals surface area contributed by atoms with Crippen LogP contribution < -0.4 is 4.90 Å². The molecule has 3 heterocycles. The van der Waals surface area contributed by atoms with Crippen LogP contribution in [0, 0.1) is 6.92 Å². The van der Waals surface area contributed by atoms with Crippen LogP contribution in [0.5, 0.6) is 0 Å². The van der Waals surface area contributed by atoms with Crippen LogP contribution in [-0.2, 0) is 11.0 Å². The molecule has 3 unspecified atom stereocenters. The summed E-state index contributed by atoms with van der Waals surface area (Å²) in [5.74, 6) is 0. The number of hydrogen-bond acceptors (Lipinski definition) is 2. The zero-order valence-corrected chi connectivity index (χ0v) is 13.3. The second-order valence-electron chi connectivity index (χ2n) is 7.22. The maximum atomic E-state index is 5.61. The monoisotopic (exact) mass is 281 g/mol. The van der Waals surface area contributed by atoms with Crippen molar-refractivity contribution in [1.82, 2.24) is 0 Å². The van der Waals surface area contributed by atoms with Gasteiger partial charge in [-0.3, -0.25) is 0 Å². The fourth-order valence-electron chi connectivity index (χ4n) is 4.63. The van der Waals surface area contributed by atoms with Crippen molar-refractivity contribution in [3.63, 3.8) is 0 Å². The van der Waals surface area contributed by atoms with E-state index in [1.54, 1.807) is 0 Å². The maximum Gasteiger partial charge on any atom is 0.0961 e. The minimum Gasteiger partial charge on any atom is -0.472 e. The number of furan rings is 1. The second kappa shape index (κ2) is 3.94. The predicted octanol–water partition coefficient (Wildman–Crippen LogP) is 4.76. The average Bonchev–Trinajstić information content (AvgIpc) is 2.96. The number of piperidine rings is 1. The van der Waals surface area contributed by atoms with Crippen LogP contribution >= 0.6 is 0 Å². The molecule has 0 spiro atoms. The summed E-state index contributed by atoms with van der Waals surface area (Å²) in [6.45, 7) is 9.37. The Morgan fingerprint density at radius 2 is 1.81 bits per heavy atom. The van der Waals surface area contributed by atoms with Crippen LogP contribution in [0.15, 0.2) is 41.2 Å². The maximum absolute atomic E-state index is 5.61. The van der Waals surface area contributed by atoms with E-state index < -0.39 is 0 Å². The third kappa shape index (κ3) is 1.43. The summed E-state index contributed by atoms with van der Waals surface area (Å²) in [7, 11) is 0. The molecule has 1 saturated heterocycles. The zero-order chi connectivity index (χ0) is 14.8. The summed E-state index contributed by atoms with van der Waals surface area (Å²) < 4.78 is 5.61. The lowest BCUT2D eigenvalue weighted by molar-refractivity contribution is 0.167. The third-order valence-corrected chi connectivity index (χ3v) is 6.20. The van der Waals surface area contributed by atoms with E-state index in [9.17, 15) is 0 Å². The molecule has 2 nitrogen and oxygen atoms in total. The molecule has 110 valence electrons. The Kier molecular flexibility index (Phi) is 2.44. The molecule has 1 aromatic heterocycles. The Morgan fingerprint density at radius 3 is 2.57 bits per heavy atom.